The van der Waals surface area contributed by atoms with Crippen LogP contribution in [0, 0.1) is 0 Å². The zero-order valence-corrected chi connectivity index (χ0v) is 18.5. The zero-order valence-electron chi connectivity index (χ0n) is 18.5. The minimum Gasteiger partial charge on any atom is -0.392 e. The van der Waals surface area contributed by atoms with E-state index in [1.54, 1.807) is 48.5 Å². The zero-order chi connectivity index (χ0) is 22.7. The van der Waals surface area contributed by atoms with Gasteiger partial charge in [0, 0.05) is 28.4 Å². The van der Waals surface area contributed by atoms with Crippen LogP contribution in [0.4, 0.5) is 0 Å². The summed E-state index contributed by atoms with van der Waals surface area (Å²) in [6.07, 6.45) is 0. The van der Waals surface area contributed by atoms with Crippen LogP contribution in [0.5, 0.6) is 0 Å². The fourth-order valence-electron chi connectivity index (χ4n) is 3.67. The molecule has 0 aliphatic carbocycles. The number of rotatable bonds is 12. The van der Waals surface area contributed by atoms with Crippen molar-refractivity contribution in [3.63, 3.8) is 0 Å². The smallest absolute Gasteiger partial charge is 0.329 e. The van der Waals surface area contributed by atoms with Crippen molar-refractivity contribution in [3.05, 3.63) is 71.8 Å². The summed E-state index contributed by atoms with van der Waals surface area (Å²) in [6, 6.07) is 18.0. The van der Waals surface area contributed by atoms with Gasteiger partial charge in [-0.3, -0.25) is 9.59 Å². The summed E-state index contributed by atoms with van der Waals surface area (Å²) in [5, 5.41) is 0. The van der Waals surface area contributed by atoms with E-state index in [0.717, 1.165) is 0 Å². The molecule has 0 unspecified atom stereocenters. The molecule has 0 saturated heterocycles. The van der Waals surface area contributed by atoms with Crippen molar-refractivity contribution >= 4 is 11.9 Å². The molecule has 0 saturated carbocycles. The molecule has 0 amide bonds. The Morgan fingerprint density at radius 1 is 0.581 bits per heavy atom. The lowest BCUT2D eigenvalue weighted by molar-refractivity contribution is -0.173. The molecule has 7 heteroatoms. The average molecular weight is 430 g/mol. The lowest BCUT2D eigenvalue weighted by atomic mass is 9.80. The van der Waals surface area contributed by atoms with Crippen LogP contribution in [0.2, 0.25) is 0 Å². The fraction of sp³-hybridized carbons (Fsp3) is 0.417. The number of carbonyl (C=O) groups is 2. The lowest BCUT2D eigenvalue weighted by Crippen LogP contribution is -2.51. The van der Waals surface area contributed by atoms with Gasteiger partial charge in [-0.25, -0.2) is 0 Å². The molecule has 0 bridgehead atoms. The van der Waals surface area contributed by atoms with Crippen LogP contribution < -0.4 is 0 Å². The van der Waals surface area contributed by atoms with Gasteiger partial charge in [0.1, 0.15) is 10.8 Å². The van der Waals surface area contributed by atoms with E-state index in [1.807, 2.05) is 12.1 Å². The van der Waals surface area contributed by atoms with Gasteiger partial charge in [-0.15, -0.1) is 0 Å². The first-order valence-corrected chi connectivity index (χ1v) is 9.84. The molecule has 0 aromatic heterocycles. The van der Waals surface area contributed by atoms with E-state index < -0.39 is 22.8 Å². The minimum atomic E-state index is -1.32. The number of hydrogen-bond donors (Lipinski definition) is 0. The van der Waals surface area contributed by atoms with E-state index in [4.69, 9.17) is 23.7 Å². The second-order valence-corrected chi connectivity index (χ2v) is 7.31. The average Bonchev–Trinajstić information content (AvgIpc) is 2.79. The molecule has 0 atom stereocenters. The highest BCUT2D eigenvalue weighted by Crippen LogP contribution is 2.31. The number of ether oxygens (including phenoxy) is 5. The second kappa shape index (κ2) is 11.7. The Hall–Kier alpha value is -2.58. The first-order chi connectivity index (χ1) is 15.0. The first-order valence-electron chi connectivity index (χ1n) is 9.84. The van der Waals surface area contributed by atoms with Crippen LogP contribution in [0.25, 0.3) is 0 Å². The molecule has 0 aliphatic heterocycles. The fourth-order valence-corrected chi connectivity index (χ4v) is 3.67. The Bertz CT molecular complexity index is 739. The van der Waals surface area contributed by atoms with E-state index in [0.29, 0.717) is 11.1 Å². The van der Waals surface area contributed by atoms with Gasteiger partial charge in [-0.2, -0.15) is 0 Å². The molecule has 0 N–H and O–H groups in total. The summed E-state index contributed by atoms with van der Waals surface area (Å²) in [4.78, 5) is 26.9. The van der Waals surface area contributed by atoms with Crippen molar-refractivity contribution in [1.82, 2.24) is 0 Å². The normalized spacial score (nSPS) is 11.9. The van der Waals surface area contributed by atoms with Crippen molar-refractivity contribution in [2.45, 2.75) is 10.8 Å². The van der Waals surface area contributed by atoms with E-state index in [2.05, 4.69) is 0 Å². The molecule has 31 heavy (non-hydrogen) atoms. The van der Waals surface area contributed by atoms with Gasteiger partial charge in [0.25, 0.3) is 0 Å². The Labute approximate surface area is 183 Å². The van der Waals surface area contributed by atoms with Crippen molar-refractivity contribution in [2.24, 2.45) is 0 Å². The highest BCUT2D eigenvalue weighted by Gasteiger charge is 2.48. The van der Waals surface area contributed by atoms with Crippen molar-refractivity contribution in [2.75, 3.05) is 54.9 Å². The Kier molecular flexibility index (Phi) is 9.33. The third-order valence-electron chi connectivity index (χ3n) is 5.18. The van der Waals surface area contributed by atoms with Crippen LogP contribution >= 0.6 is 0 Å². The monoisotopic (exact) mass is 430 g/mol. The predicted molar refractivity (Wildman–Crippen MR) is 115 cm³/mol. The van der Waals surface area contributed by atoms with E-state index >= 15 is 0 Å². The van der Waals surface area contributed by atoms with Gasteiger partial charge in [0.15, 0.2) is 0 Å². The van der Waals surface area contributed by atoms with E-state index in [-0.39, 0.29) is 26.4 Å². The maximum absolute atomic E-state index is 13.5. The highest BCUT2D eigenvalue weighted by atomic mass is 16.6. The summed E-state index contributed by atoms with van der Waals surface area (Å²) < 4.78 is 26.9. The number of carbonyl (C=O) groups excluding carboxylic acids is 2. The Morgan fingerprint density at radius 3 is 1.13 bits per heavy atom. The summed E-state index contributed by atoms with van der Waals surface area (Å²) in [6.45, 7) is -0.0958. The molecule has 168 valence electrons. The molecule has 2 aromatic rings. The molecule has 7 nitrogen and oxygen atoms in total. The first kappa shape index (κ1) is 24.7. The summed E-state index contributed by atoms with van der Waals surface area (Å²) in [5.41, 5.74) is -1.38. The van der Waals surface area contributed by atoms with Gasteiger partial charge in [-0.1, -0.05) is 60.7 Å². The Balaban J connectivity index is 2.47. The third kappa shape index (κ3) is 5.37. The topological polar surface area (TPSA) is 80.3 Å². The molecular formula is C24H30O7. The SMILES string of the molecule is COCC(COC)(C(=O)OC(=O)C(COC)(COC)c1ccccc1)c1ccccc1. The largest absolute Gasteiger partial charge is 0.392 e. The van der Waals surface area contributed by atoms with Crippen LogP contribution in [0.3, 0.4) is 0 Å². The number of methoxy groups -OCH3 is 4. The van der Waals surface area contributed by atoms with Gasteiger partial charge in [0.05, 0.1) is 26.4 Å². The predicted octanol–water partition coefficient (Wildman–Crippen LogP) is 2.52. The number of esters is 2. The van der Waals surface area contributed by atoms with Crippen LogP contribution in [-0.2, 0) is 44.1 Å². The van der Waals surface area contributed by atoms with Crippen molar-refractivity contribution in [3.8, 4) is 0 Å². The van der Waals surface area contributed by atoms with Crippen molar-refractivity contribution in [1.29, 1.82) is 0 Å². The van der Waals surface area contributed by atoms with Gasteiger partial charge in [-0.05, 0) is 11.1 Å². The van der Waals surface area contributed by atoms with Gasteiger partial charge in [0.2, 0.25) is 0 Å². The molecule has 0 aliphatic rings. The number of benzene rings is 2. The molecule has 0 fully saturated rings. The molecule has 2 aromatic carbocycles. The molecule has 0 radical (unpaired) electrons. The number of hydrogen-bond acceptors (Lipinski definition) is 7. The van der Waals surface area contributed by atoms with Crippen LogP contribution in [0.15, 0.2) is 60.7 Å². The third-order valence-corrected chi connectivity index (χ3v) is 5.18. The summed E-state index contributed by atoms with van der Waals surface area (Å²) in [7, 11) is 5.91. The van der Waals surface area contributed by atoms with Gasteiger partial charge >= 0.3 is 11.9 Å². The molecule has 0 heterocycles. The molecule has 0 spiro atoms. The minimum absolute atomic E-state index is 0.0239. The molecular weight excluding hydrogens is 400 g/mol. The van der Waals surface area contributed by atoms with E-state index in [9.17, 15) is 9.59 Å². The van der Waals surface area contributed by atoms with Crippen LogP contribution in [-0.4, -0.2) is 66.8 Å². The maximum Gasteiger partial charge on any atom is 0.329 e. The quantitative estimate of drug-likeness (QED) is 0.378. The van der Waals surface area contributed by atoms with Gasteiger partial charge < -0.3 is 23.7 Å². The Morgan fingerprint density at radius 2 is 0.871 bits per heavy atom. The second-order valence-electron chi connectivity index (χ2n) is 7.31. The standard InChI is InChI=1S/C24H30O7/c1-27-15-23(16-28-2,19-11-7-5-8-12-19)21(25)31-22(26)24(17-29-3,18-30-4)20-13-9-6-10-14-20/h5-14H,15-18H2,1-4H3. The van der Waals surface area contributed by atoms with E-state index in [1.165, 1.54) is 28.4 Å². The van der Waals surface area contributed by atoms with Crippen LogP contribution in [0.1, 0.15) is 11.1 Å². The highest BCUT2D eigenvalue weighted by molar-refractivity contribution is 5.97. The lowest BCUT2D eigenvalue weighted by Gasteiger charge is -2.34. The summed E-state index contributed by atoms with van der Waals surface area (Å²) in [5.74, 6) is -1.53. The molecule has 2 rings (SSSR count). The van der Waals surface area contributed by atoms with Crippen molar-refractivity contribution < 1.29 is 33.3 Å². The maximum atomic E-state index is 13.5. The summed E-state index contributed by atoms with van der Waals surface area (Å²) >= 11 is 0.